The molecule has 3 rings (SSSR count). The molecule has 0 aromatic heterocycles. The van der Waals surface area contributed by atoms with Crippen molar-refractivity contribution in [2.24, 2.45) is 5.92 Å². The molecule has 1 aliphatic carbocycles. The molecule has 102 valence electrons. The van der Waals surface area contributed by atoms with Gasteiger partial charge < -0.3 is 14.0 Å². The van der Waals surface area contributed by atoms with Gasteiger partial charge >= 0.3 is 7.12 Å². The monoisotopic (exact) mass is 252 g/mol. The van der Waals surface area contributed by atoms with Gasteiger partial charge in [-0.2, -0.15) is 0 Å². The minimum Gasteiger partial charge on any atom is -0.403 e. The summed E-state index contributed by atoms with van der Waals surface area (Å²) in [6, 6.07) is 0. The zero-order valence-corrected chi connectivity index (χ0v) is 12.1. The van der Waals surface area contributed by atoms with Crippen molar-refractivity contribution in [3.8, 4) is 0 Å². The third kappa shape index (κ3) is 1.93. The molecule has 0 spiro atoms. The van der Waals surface area contributed by atoms with Crippen LogP contribution in [0.2, 0.25) is 5.82 Å². The van der Waals surface area contributed by atoms with Crippen molar-refractivity contribution in [3.63, 3.8) is 0 Å². The third-order valence-corrected chi connectivity index (χ3v) is 5.43. The second-order valence-electron chi connectivity index (χ2n) is 7.11. The van der Waals surface area contributed by atoms with Crippen molar-refractivity contribution in [1.29, 1.82) is 0 Å². The minimum absolute atomic E-state index is 0.0805. The Morgan fingerprint density at radius 3 is 2.22 bits per heavy atom. The molecular weight excluding hydrogens is 227 g/mol. The Kier molecular flexibility index (Phi) is 3.04. The summed E-state index contributed by atoms with van der Waals surface area (Å²) in [5, 5.41) is 0. The lowest BCUT2D eigenvalue weighted by atomic mass is 9.62. The van der Waals surface area contributed by atoms with Crippen LogP contribution < -0.4 is 0 Å². The fraction of sp³-hybridized carbons (Fsp3) is 1.00. The smallest absolute Gasteiger partial charge is 0.403 e. The van der Waals surface area contributed by atoms with E-state index < -0.39 is 0 Å². The van der Waals surface area contributed by atoms with E-state index in [1.54, 1.807) is 0 Å². The predicted octanol–water partition coefficient (Wildman–Crippen LogP) is 3.04. The summed E-state index contributed by atoms with van der Waals surface area (Å²) in [6.07, 6.45) is 5.61. The third-order valence-electron chi connectivity index (χ3n) is 5.43. The molecule has 0 aromatic rings. The highest BCUT2D eigenvalue weighted by molar-refractivity contribution is 6.47. The van der Waals surface area contributed by atoms with E-state index in [2.05, 4.69) is 27.7 Å². The van der Waals surface area contributed by atoms with Gasteiger partial charge in [-0.15, -0.1) is 0 Å². The van der Waals surface area contributed by atoms with Crippen LogP contribution in [-0.2, 0) is 14.0 Å². The fourth-order valence-electron chi connectivity index (χ4n) is 3.52. The second-order valence-corrected chi connectivity index (χ2v) is 7.11. The average molecular weight is 252 g/mol. The Morgan fingerprint density at radius 1 is 0.944 bits per heavy atom. The zero-order chi connectivity index (χ0) is 13.0. The normalized spacial score (nSPS) is 42.0. The van der Waals surface area contributed by atoms with Crippen LogP contribution in [0.25, 0.3) is 0 Å². The van der Waals surface area contributed by atoms with Crippen molar-refractivity contribution in [1.82, 2.24) is 0 Å². The maximum atomic E-state index is 6.19. The van der Waals surface area contributed by atoms with Gasteiger partial charge in [0.05, 0.1) is 17.3 Å². The predicted molar refractivity (Wildman–Crippen MR) is 71.5 cm³/mol. The summed E-state index contributed by atoms with van der Waals surface area (Å²) in [5.74, 6) is 1.07. The standard InChI is InChI=1S/C14H25BO3/c1-13(2)14(3,4)18-15(17-13)11-9-16-12-8-6-5-7-10(11)12/h10-12H,5-9H2,1-4H3/t10-,11-,12-/m0/s1. The summed E-state index contributed by atoms with van der Waals surface area (Å²) in [7, 11) is -0.0805. The molecule has 3 nitrogen and oxygen atoms in total. The van der Waals surface area contributed by atoms with Gasteiger partial charge in [-0.25, -0.2) is 0 Å². The van der Waals surface area contributed by atoms with Crippen LogP contribution in [0.4, 0.5) is 0 Å². The first-order valence-electron chi connectivity index (χ1n) is 7.38. The van der Waals surface area contributed by atoms with Gasteiger partial charge in [0.1, 0.15) is 0 Å². The first kappa shape index (κ1) is 13.0. The Bertz CT molecular complexity index is 313. The zero-order valence-electron chi connectivity index (χ0n) is 12.1. The van der Waals surface area contributed by atoms with E-state index in [4.69, 9.17) is 14.0 Å². The second kappa shape index (κ2) is 4.22. The molecule has 0 unspecified atom stereocenters. The topological polar surface area (TPSA) is 27.7 Å². The molecule has 0 aromatic carbocycles. The lowest BCUT2D eigenvalue weighted by Gasteiger charge is -2.32. The first-order valence-corrected chi connectivity index (χ1v) is 7.38. The van der Waals surface area contributed by atoms with E-state index in [-0.39, 0.29) is 18.3 Å². The first-order chi connectivity index (χ1) is 8.41. The van der Waals surface area contributed by atoms with Crippen LogP contribution in [0, 0.1) is 5.92 Å². The van der Waals surface area contributed by atoms with Gasteiger partial charge in [0.15, 0.2) is 0 Å². The van der Waals surface area contributed by atoms with Crippen molar-refractivity contribution >= 4 is 7.12 Å². The lowest BCUT2D eigenvalue weighted by Crippen LogP contribution is -2.41. The van der Waals surface area contributed by atoms with Crippen molar-refractivity contribution in [2.45, 2.75) is 76.5 Å². The largest absolute Gasteiger partial charge is 0.463 e. The molecule has 0 amide bonds. The molecule has 0 N–H and O–H groups in total. The van der Waals surface area contributed by atoms with Crippen molar-refractivity contribution in [3.05, 3.63) is 0 Å². The summed E-state index contributed by atoms with van der Waals surface area (Å²) in [5.41, 5.74) is -0.436. The van der Waals surface area contributed by atoms with Crippen LogP contribution in [0.5, 0.6) is 0 Å². The van der Waals surface area contributed by atoms with Gasteiger partial charge in [0.25, 0.3) is 0 Å². The van der Waals surface area contributed by atoms with Gasteiger partial charge in [-0.3, -0.25) is 0 Å². The Labute approximate surface area is 111 Å². The molecule has 0 bridgehead atoms. The van der Waals surface area contributed by atoms with Crippen LogP contribution in [0.3, 0.4) is 0 Å². The van der Waals surface area contributed by atoms with Gasteiger partial charge in [0, 0.05) is 12.4 Å². The highest BCUT2D eigenvalue weighted by atomic mass is 16.7. The molecule has 3 atom stereocenters. The molecule has 2 saturated heterocycles. The number of fused-ring (bicyclic) bond motifs is 1. The van der Waals surface area contributed by atoms with E-state index in [9.17, 15) is 0 Å². The van der Waals surface area contributed by atoms with E-state index in [0.717, 1.165) is 6.61 Å². The highest BCUT2D eigenvalue weighted by Gasteiger charge is 2.57. The lowest BCUT2D eigenvalue weighted by molar-refractivity contribution is 0.00578. The quantitative estimate of drug-likeness (QED) is 0.671. The number of rotatable bonds is 1. The Morgan fingerprint density at radius 2 is 1.56 bits per heavy atom. The molecule has 18 heavy (non-hydrogen) atoms. The SMILES string of the molecule is CC1(C)OB([C@H]2CO[C@H]3CCCC[C@H]32)OC1(C)C. The number of hydrogen-bond donors (Lipinski definition) is 0. The highest BCUT2D eigenvalue weighted by Crippen LogP contribution is 2.48. The molecule has 0 radical (unpaired) electrons. The maximum Gasteiger partial charge on any atom is 0.463 e. The van der Waals surface area contributed by atoms with Gasteiger partial charge in [-0.1, -0.05) is 12.8 Å². The molecule has 1 saturated carbocycles. The van der Waals surface area contributed by atoms with Gasteiger partial charge in [0.2, 0.25) is 0 Å². The Balaban J connectivity index is 1.73. The van der Waals surface area contributed by atoms with E-state index in [1.165, 1.54) is 25.7 Å². The van der Waals surface area contributed by atoms with Crippen molar-refractivity contribution < 1.29 is 14.0 Å². The van der Waals surface area contributed by atoms with Crippen LogP contribution in [0.15, 0.2) is 0 Å². The van der Waals surface area contributed by atoms with E-state index in [0.29, 0.717) is 17.8 Å². The summed E-state index contributed by atoms with van der Waals surface area (Å²) in [4.78, 5) is 0. The van der Waals surface area contributed by atoms with Gasteiger partial charge in [-0.05, 0) is 46.5 Å². The van der Waals surface area contributed by atoms with E-state index in [1.807, 2.05) is 0 Å². The maximum absolute atomic E-state index is 6.19. The molecule has 3 fully saturated rings. The van der Waals surface area contributed by atoms with Crippen LogP contribution in [-0.4, -0.2) is 31.0 Å². The minimum atomic E-state index is -0.218. The average Bonchev–Trinajstić information content (AvgIpc) is 2.78. The van der Waals surface area contributed by atoms with Crippen LogP contribution >= 0.6 is 0 Å². The molecule has 3 aliphatic rings. The molecule has 4 heteroatoms. The molecule has 2 aliphatic heterocycles. The molecule has 2 heterocycles. The van der Waals surface area contributed by atoms with Crippen molar-refractivity contribution in [2.75, 3.05) is 6.61 Å². The number of ether oxygens (including phenoxy) is 1. The summed E-state index contributed by atoms with van der Waals surface area (Å²) in [6.45, 7) is 9.32. The van der Waals surface area contributed by atoms with E-state index >= 15 is 0 Å². The fourth-order valence-corrected chi connectivity index (χ4v) is 3.52. The summed E-state index contributed by atoms with van der Waals surface area (Å²) < 4.78 is 18.3. The Hall–Kier alpha value is -0.0551. The summed E-state index contributed by atoms with van der Waals surface area (Å²) >= 11 is 0. The van der Waals surface area contributed by atoms with Crippen LogP contribution in [0.1, 0.15) is 53.4 Å². The number of hydrogen-bond acceptors (Lipinski definition) is 3. The molecular formula is C14H25BO3.